The zero-order valence-electron chi connectivity index (χ0n) is 18.0. The van der Waals surface area contributed by atoms with Crippen LogP contribution in [0.5, 0.6) is 0 Å². The first-order valence-corrected chi connectivity index (χ1v) is 10.3. The third kappa shape index (κ3) is 4.35. The van der Waals surface area contributed by atoms with Crippen LogP contribution < -0.4 is 4.90 Å². The van der Waals surface area contributed by atoms with E-state index in [2.05, 4.69) is 0 Å². The van der Waals surface area contributed by atoms with Gasteiger partial charge in [0.1, 0.15) is 0 Å². The van der Waals surface area contributed by atoms with Gasteiger partial charge in [0.2, 0.25) is 5.41 Å². The summed E-state index contributed by atoms with van der Waals surface area (Å²) in [4.78, 5) is 39.4. The van der Waals surface area contributed by atoms with E-state index in [0.717, 1.165) is 0 Å². The average Bonchev–Trinajstić information content (AvgIpc) is 3.12. The molecule has 33 heavy (non-hydrogen) atoms. The number of fused-ring (bicyclic) bond motifs is 1. The fraction of sp³-hybridized carbons (Fsp3) is 0.292. The number of hydrogen-bond acceptors (Lipinski definition) is 5. The van der Waals surface area contributed by atoms with Crippen LogP contribution in [0.15, 0.2) is 60.2 Å². The van der Waals surface area contributed by atoms with Gasteiger partial charge >= 0.3 is 24.0 Å². The van der Waals surface area contributed by atoms with E-state index >= 15 is 0 Å². The molecule has 0 atom stereocenters. The van der Waals surface area contributed by atoms with Crippen LogP contribution >= 0.6 is 0 Å². The molecule has 9 heteroatoms. The van der Waals surface area contributed by atoms with Crippen molar-refractivity contribution in [3.05, 3.63) is 71.3 Å². The lowest BCUT2D eigenvalue weighted by Gasteiger charge is -2.32. The van der Waals surface area contributed by atoms with E-state index in [1.807, 2.05) is 0 Å². The molecular formula is C24H22F3NO5. The van der Waals surface area contributed by atoms with E-state index in [1.54, 1.807) is 38.1 Å². The number of benzene rings is 2. The van der Waals surface area contributed by atoms with Gasteiger partial charge in [0.05, 0.1) is 13.2 Å². The van der Waals surface area contributed by atoms with Crippen molar-refractivity contribution < 1.29 is 37.0 Å². The number of anilines is 1. The fourth-order valence-corrected chi connectivity index (χ4v) is 3.85. The molecule has 1 aliphatic rings. The van der Waals surface area contributed by atoms with Crippen molar-refractivity contribution in [1.82, 2.24) is 0 Å². The van der Waals surface area contributed by atoms with E-state index in [1.165, 1.54) is 36.4 Å². The van der Waals surface area contributed by atoms with Crippen molar-refractivity contribution in [2.24, 2.45) is 0 Å². The molecule has 0 unspecified atom stereocenters. The monoisotopic (exact) mass is 461 g/mol. The Morgan fingerprint density at radius 1 is 0.879 bits per heavy atom. The van der Waals surface area contributed by atoms with Crippen LogP contribution in [-0.4, -0.2) is 43.8 Å². The molecule has 174 valence electrons. The number of hydrogen-bond donors (Lipinski definition) is 0. The Morgan fingerprint density at radius 3 is 1.97 bits per heavy atom. The second-order valence-corrected chi connectivity index (χ2v) is 7.17. The summed E-state index contributed by atoms with van der Waals surface area (Å²) in [7, 11) is 0. The van der Waals surface area contributed by atoms with Gasteiger partial charge in [-0.05, 0) is 42.7 Å². The third-order valence-electron chi connectivity index (χ3n) is 5.22. The van der Waals surface area contributed by atoms with Crippen molar-refractivity contribution in [2.45, 2.75) is 25.4 Å². The quantitative estimate of drug-likeness (QED) is 0.460. The summed E-state index contributed by atoms with van der Waals surface area (Å²) in [5, 5.41) is 0. The Morgan fingerprint density at radius 2 is 1.42 bits per heavy atom. The SMILES string of the molecule is CCOC(=O)C1(C(=O)OCC)C(CN(C(=O)C(F)(F)F)c2ccccc2)=Cc2ccccc21. The Kier molecular flexibility index (Phi) is 6.90. The topological polar surface area (TPSA) is 72.9 Å². The molecule has 0 spiro atoms. The Hall–Kier alpha value is -3.62. The van der Waals surface area contributed by atoms with Gasteiger partial charge in [-0.2, -0.15) is 13.2 Å². The van der Waals surface area contributed by atoms with Gasteiger partial charge < -0.3 is 14.4 Å². The highest BCUT2D eigenvalue weighted by Gasteiger charge is 2.58. The normalized spacial score (nSPS) is 14.2. The zero-order chi connectivity index (χ0) is 24.2. The molecule has 0 bridgehead atoms. The van der Waals surface area contributed by atoms with Gasteiger partial charge in [0, 0.05) is 12.2 Å². The number of halogens is 3. The number of nitrogens with zero attached hydrogens (tertiary/aromatic N) is 1. The molecule has 0 radical (unpaired) electrons. The second kappa shape index (κ2) is 9.48. The summed E-state index contributed by atoms with van der Waals surface area (Å²) in [6.45, 7) is 2.27. The van der Waals surface area contributed by atoms with Crippen molar-refractivity contribution in [1.29, 1.82) is 0 Å². The molecule has 0 aliphatic heterocycles. The number of carbonyl (C=O) groups excluding carboxylic acids is 3. The summed E-state index contributed by atoms with van der Waals surface area (Å²) in [6.07, 6.45) is -3.75. The molecule has 2 aromatic carbocycles. The molecule has 1 amide bonds. The van der Waals surface area contributed by atoms with Crippen LogP contribution in [0.2, 0.25) is 0 Å². The Labute approximate surface area is 188 Å². The van der Waals surface area contributed by atoms with E-state index in [4.69, 9.17) is 9.47 Å². The van der Waals surface area contributed by atoms with Crippen molar-refractivity contribution in [2.75, 3.05) is 24.7 Å². The predicted molar refractivity (Wildman–Crippen MR) is 114 cm³/mol. The number of amides is 1. The van der Waals surface area contributed by atoms with Crippen molar-refractivity contribution >= 4 is 29.6 Å². The minimum atomic E-state index is -5.18. The first-order valence-electron chi connectivity index (χ1n) is 10.3. The number of ether oxygens (including phenoxy) is 2. The van der Waals surface area contributed by atoms with Gasteiger partial charge in [0.25, 0.3) is 0 Å². The maximum Gasteiger partial charge on any atom is 0.471 e. The Bertz CT molecular complexity index is 1060. The number of carbonyl (C=O) groups is 3. The molecule has 0 fully saturated rings. The smallest absolute Gasteiger partial charge is 0.465 e. The fourth-order valence-electron chi connectivity index (χ4n) is 3.85. The van der Waals surface area contributed by atoms with Gasteiger partial charge in [-0.1, -0.05) is 48.5 Å². The summed E-state index contributed by atoms with van der Waals surface area (Å²) in [6, 6.07) is 13.6. The van der Waals surface area contributed by atoms with Crippen LogP contribution in [0.3, 0.4) is 0 Å². The zero-order valence-corrected chi connectivity index (χ0v) is 18.0. The van der Waals surface area contributed by atoms with Crippen LogP contribution in [0, 0.1) is 0 Å². The molecule has 2 aromatic rings. The minimum absolute atomic E-state index is 0.0432. The third-order valence-corrected chi connectivity index (χ3v) is 5.22. The minimum Gasteiger partial charge on any atom is -0.465 e. The van der Waals surface area contributed by atoms with Crippen LogP contribution in [0.4, 0.5) is 18.9 Å². The van der Waals surface area contributed by atoms with Crippen LogP contribution in [0.25, 0.3) is 6.08 Å². The average molecular weight is 461 g/mol. The van der Waals surface area contributed by atoms with Gasteiger partial charge in [-0.3, -0.25) is 14.4 Å². The highest BCUT2D eigenvalue weighted by atomic mass is 19.4. The summed E-state index contributed by atoms with van der Waals surface area (Å²) in [5.41, 5.74) is -1.56. The second-order valence-electron chi connectivity index (χ2n) is 7.17. The predicted octanol–water partition coefficient (Wildman–Crippen LogP) is 4.04. The van der Waals surface area contributed by atoms with Gasteiger partial charge in [-0.15, -0.1) is 0 Å². The molecule has 1 aliphatic carbocycles. The summed E-state index contributed by atoms with van der Waals surface area (Å²) in [5.74, 6) is -4.09. The standard InChI is InChI=1S/C24H22F3NO5/c1-3-32-21(30)23(22(31)33-4-2)17(14-16-10-8-9-13-19(16)23)15-28(20(29)24(25,26)27)18-11-6-5-7-12-18/h5-14H,3-4,15H2,1-2H3. The molecule has 0 saturated carbocycles. The van der Waals surface area contributed by atoms with E-state index < -0.39 is 36.0 Å². The van der Waals surface area contributed by atoms with E-state index in [9.17, 15) is 27.6 Å². The Balaban J connectivity index is 2.20. The lowest BCUT2D eigenvalue weighted by molar-refractivity contribution is -0.170. The molecule has 0 heterocycles. The maximum atomic E-state index is 13.5. The number of para-hydroxylation sites is 1. The highest BCUT2D eigenvalue weighted by Crippen LogP contribution is 2.45. The molecule has 0 N–H and O–H groups in total. The van der Waals surface area contributed by atoms with Crippen molar-refractivity contribution in [3.63, 3.8) is 0 Å². The van der Waals surface area contributed by atoms with Gasteiger partial charge in [-0.25, -0.2) is 0 Å². The van der Waals surface area contributed by atoms with Crippen LogP contribution in [0.1, 0.15) is 25.0 Å². The van der Waals surface area contributed by atoms with Gasteiger partial charge in [0.15, 0.2) is 0 Å². The lowest BCUT2D eigenvalue weighted by atomic mass is 9.76. The van der Waals surface area contributed by atoms with E-state index in [-0.39, 0.29) is 30.0 Å². The van der Waals surface area contributed by atoms with E-state index in [0.29, 0.717) is 10.5 Å². The molecule has 6 nitrogen and oxygen atoms in total. The molecule has 3 rings (SSSR count). The first kappa shape index (κ1) is 24.0. The first-order chi connectivity index (χ1) is 15.7. The lowest BCUT2D eigenvalue weighted by Crippen LogP contribution is -2.51. The number of alkyl halides is 3. The van der Waals surface area contributed by atoms with Crippen molar-refractivity contribution in [3.8, 4) is 0 Å². The highest BCUT2D eigenvalue weighted by molar-refractivity contribution is 6.14. The summed E-state index contributed by atoms with van der Waals surface area (Å²) < 4.78 is 50.8. The molecule has 0 aromatic heterocycles. The number of esters is 2. The molecular weight excluding hydrogens is 439 g/mol. The number of rotatable bonds is 7. The van der Waals surface area contributed by atoms with Crippen LogP contribution in [-0.2, 0) is 29.3 Å². The largest absolute Gasteiger partial charge is 0.471 e. The summed E-state index contributed by atoms with van der Waals surface area (Å²) >= 11 is 0. The maximum absolute atomic E-state index is 13.5. The molecule has 0 saturated heterocycles.